The molecule has 46 heavy (non-hydrogen) atoms. The number of hydrogen-bond acceptors (Lipinski definition) is 2. The molecule has 0 bridgehead atoms. The maximum Gasteiger partial charge on any atom is 0.0482 e. The SMILES string of the molecule is Cc1ccc(N(c2ccc(-c3ccccc3)cc2)c2cccc(N(c3ccc(C)cc3)c3ccc(-c4ccccc4)cc3)c2)cc1. The molecule has 7 rings (SSSR count). The molecule has 0 radical (unpaired) electrons. The average molecular weight is 593 g/mol. The first-order chi connectivity index (χ1) is 22.6. The standard InChI is InChI=1S/C44H36N2/c1-33-16-24-39(25-17-33)45(41-28-20-37(21-29-41)35-10-5-3-6-11-35)43-14-9-15-44(32-43)46(40-26-18-34(2)19-27-40)42-30-22-38(23-31-42)36-12-7-4-8-13-36/h3-32H,1-2H3. The van der Waals surface area contributed by atoms with Crippen LogP contribution in [0.3, 0.4) is 0 Å². The molecule has 7 aromatic carbocycles. The van der Waals surface area contributed by atoms with E-state index >= 15 is 0 Å². The fraction of sp³-hybridized carbons (Fsp3) is 0.0455. The van der Waals surface area contributed by atoms with E-state index < -0.39 is 0 Å². The van der Waals surface area contributed by atoms with Crippen LogP contribution in [0.1, 0.15) is 11.1 Å². The van der Waals surface area contributed by atoms with Gasteiger partial charge in [-0.15, -0.1) is 0 Å². The predicted octanol–water partition coefficient (Wildman–Crippen LogP) is 12.6. The van der Waals surface area contributed by atoms with E-state index in [4.69, 9.17) is 0 Å². The van der Waals surface area contributed by atoms with E-state index in [2.05, 4.69) is 206 Å². The third-order valence-electron chi connectivity index (χ3n) is 8.40. The number of rotatable bonds is 8. The Morgan fingerprint density at radius 3 is 0.913 bits per heavy atom. The monoisotopic (exact) mass is 592 g/mol. The number of anilines is 6. The minimum Gasteiger partial charge on any atom is -0.310 e. The van der Waals surface area contributed by atoms with Crippen LogP contribution in [0.25, 0.3) is 22.3 Å². The zero-order chi connectivity index (χ0) is 31.3. The van der Waals surface area contributed by atoms with Crippen molar-refractivity contribution in [2.45, 2.75) is 13.8 Å². The fourth-order valence-corrected chi connectivity index (χ4v) is 5.92. The van der Waals surface area contributed by atoms with E-state index in [-0.39, 0.29) is 0 Å². The van der Waals surface area contributed by atoms with Gasteiger partial charge in [-0.05, 0) is 103 Å². The molecule has 0 aliphatic rings. The number of nitrogens with zero attached hydrogens (tertiary/aromatic N) is 2. The van der Waals surface area contributed by atoms with E-state index in [9.17, 15) is 0 Å². The number of hydrogen-bond donors (Lipinski definition) is 0. The molecule has 7 aromatic rings. The molecule has 2 nitrogen and oxygen atoms in total. The molecule has 0 unspecified atom stereocenters. The van der Waals surface area contributed by atoms with Gasteiger partial charge in [0.15, 0.2) is 0 Å². The van der Waals surface area contributed by atoms with Crippen molar-refractivity contribution in [1.82, 2.24) is 0 Å². The maximum atomic E-state index is 2.34. The van der Waals surface area contributed by atoms with Crippen molar-refractivity contribution in [3.8, 4) is 22.3 Å². The van der Waals surface area contributed by atoms with Crippen LogP contribution in [-0.4, -0.2) is 0 Å². The second kappa shape index (κ2) is 13.0. The molecule has 0 spiro atoms. The Hall–Kier alpha value is -5.86. The lowest BCUT2D eigenvalue weighted by atomic mass is 10.0. The minimum atomic E-state index is 1.09. The van der Waals surface area contributed by atoms with Crippen molar-refractivity contribution in [3.05, 3.63) is 193 Å². The van der Waals surface area contributed by atoms with Crippen molar-refractivity contribution in [1.29, 1.82) is 0 Å². The van der Waals surface area contributed by atoms with Crippen molar-refractivity contribution < 1.29 is 0 Å². The zero-order valence-corrected chi connectivity index (χ0v) is 26.2. The van der Waals surface area contributed by atoms with E-state index in [1.54, 1.807) is 0 Å². The van der Waals surface area contributed by atoms with Gasteiger partial charge in [0.1, 0.15) is 0 Å². The lowest BCUT2D eigenvalue weighted by Crippen LogP contribution is -2.13. The van der Waals surface area contributed by atoms with E-state index in [0.717, 1.165) is 34.1 Å². The van der Waals surface area contributed by atoms with Crippen LogP contribution in [0.15, 0.2) is 182 Å². The molecule has 0 N–H and O–H groups in total. The van der Waals surface area contributed by atoms with Gasteiger partial charge in [0.25, 0.3) is 0 Å². The second-order valence-corrected chi connectivity index (χ2v) is 11.7. The Bertz CT molecular complexity index is 1870. The summed E-state index contributed by atoms with van der Waals surface area (Å²) in [6, 6.07) is 65.1. The van der Waals surface area contributed by atoms with Crippen LogP contribution in [-0.2, 0) is 0 Å². The maximum absolute atomic E-state index is 2.34. The first kappa shape index (κ1) is 28.9. The molecule has 0 saturated heterocycles. The molecule has 0 aliphatic carbocycles. The van der Waals surface area contributed by atoms with E-state index in [0.29, 0.717) is 0 Å². The van der Waals surface area contributed by atoms with Crippen LogP contribution in [0.4, 0.5) is 34.1 Å². The van der Waals surface area contributed by atoms with Gasteiger partial charge in [0.2, 0.25) is 0 Å². The van der Waals surface area contributed by atoms with Crippen LogP contribution in [0.5, 0.6) is 0 Å². The highest BCUT2D eigenvalue weighted by atomic mass is 15.2. The van der Waals surface area contributed by atoms with Crippen LogP contribution < -0.4 is 9.80 Å². The summed E-state index contributed by atoms with van der Waals surface area (Å²) in [6.45, 7) is 4.26. The summed E-state index contributed by atoms with van der Waals surface area (Å²) in [5, 5.41) is 0. The Balaban J connectivity index is 1.32. The zero-order valence-electron chi connectivity index (χ0n) is 26.2. The van der Waals surface area contributed by atoms with Crippen LogP contribution in [0.2, 0.25) is 0 Å². The largest absolute Gasteiger partial charge is 0.310 e. The molecule has 0 fully saturated rings. The summed E-state index contributed by atoms with van der Waals surface area (Å²) in [7, 11) is 0. The highest BCUT2D eigenvalue weighted by molar-refractivity contribution is 5.84. The summed E-state index contributed by atoms with van der Waals surface area (Å²) in [5.74, 6) is 0. The smallest absolute Gasteiger partial charge is 0.0482 e. The van der Waals surface area contributed by atoms with Crippen LogP contribution in [0, 0.1) is 13.8 Å². The average Bonchev–Trinajstić information content (AvgIpc) is 3.12. The molecule has 0 atom stereocenters. The highest BCUT2D eigenvalue weighted by Crippen LogP contribution is 2.41. The van der Waals surface area contributed by atoms with Gasteiger partial charge in [-0.1, -0.05) is 126 Å². The van der Waals surface area contributed by atoms with Crippen molar-refractivity contribution in [2.75, 3.05) is 9.80 Å². The molecule has 0 amide bonds. The lowest BCUT2D eigenvalue weighted by molar-refractivity contribution is 1.24. The molecule has 0 aliphatic heterocycles. The molecule has 0 saturated carbocycles. The first-order valence-corrected chi connectivity index (χ1v) is 15.8. The minimum absolute atomic E-state index is 1.09. The molecule has 222 valence electrons. The Kier molecular flexibility index (Phi) is 8.17. The van der Waals surface area contributed by atoms with Crippen molar-refractivity contribution in [2.24, 2.45) is 0 Å². The highest BCUT2D eigenvalue weighted by Gasteiger charge is 2.17. The summed E-state index contributed by atoms with van der Waals surface area (Å²) in [5.41, 5.74) is 13.9. The van der Waals surface area contributed by atoms with Crippen molar-refractivity contribution in [3.63, 3.8) is 0 Å². The third-order valence-corrected chi connectivity index (χ3v) is 8.40. The number of benzene rings is 7. The van der Waals surface area contributed by atoms with Gasteiger partial charge in [0.05, 0.1) is 0 Å². The number of aryl methyl sites for hydroxylation is 2. The molecule has 0 aromatic heterocycles. The van der Waals surface area contributed by atoms with Gasteiger partial charge in [-0.2, -0.15) is 0 Å². The van der Waals surface area contributed by atoms with Gasteiger partial charge < -0.3 is 9.80 Å². The fourth-order valence-electron chi connectivity index (χ4n) is 5.92. The van der Waals surface area contributed by atoms with E-state index in [1.807, 2.05) is 0 Å². The molecular formula is C44H36N2. The van der Waals surface area contributed by atoms with E-state index in [1.165, 1.54) is 33.4 Å². The normalized spacial score (nSPS) is 10.8. The molecular weight excluding hydrogens is 556 g/mol. The van der Waals surface area contributed by atoms with Gasteiger partial charge in [-0.3, -0.25) is 0 Å². The third kappa shape index (κ3) is 6.20. The topological polar surface area (TPSA) is 6.48 Å². The summed E-state index contributed by atoms with van der Waals surface area (Å²) >= 11 is 0. The second-order valence-electron chi connectivity index (χ2n) is 11.7. The summed E-state index contributed by atoms with van der Waals surface area (Å²) in [4.78, 5) is 4.67. The Labute approximate surface area is 272 Å². The summed E-state index contributed by atoms with van der Waals surface area (Å²) in [6.07, 6.45) is 0. The Morgan fingerprint density at radius 1 is 0.261 bits per heavy atom. The molecule has 0 heterocycles. The molecule has 2 heteroatoms. The van der Waals surface area contributed by atoms with Crippen molar-refractivity contribution >= 4 is 34.1 Å². The first-order valence-electron chi connectivity index (χ1n) is 15.8. The predicted molar refractivity (Wildman–Crippen MR) is 196 cm³/mol. The van der Waals surface area contributed by atoms with Gasteiger partial charge in [-0.25, -0.2) is 0 Å². The van der Waals surface area contributed by atoms with Gasteiger partial charge in [0, 0.05) is 34.1 Å². The summed E-state index contributed by atoms with van der Waals surface area (Å²) < 4.78 is 0. The Morgan fingerprint density at radius 2 is 0.565 bits per heavy atom. The van der Waals surface area contributed by atoms with Crippen LogP contribution >= 0.6 is 0 Å². The van der Waals surface area contributed by atoms with Gasteiger partial charge >= 0.3 is 0 Å². The lowest BCUT2D eigenvalue weighted by Gasteiger charge is -2.29. The quantitative estimate of drug-likeness (QED) is 0.173.